The van der Waals surface area contributed by atoms with E-state index < -0.39 is 0 Å². The van der Waals surface area contributed by atoms with Gasteiger partial charge in [-0.2, -0.15) is 0 Å². The van der Waals surface area contributed by atoms with Crippen LogP contribution in [0.2, 0.25) is 0 Å². The summed E-state index contributed by atoms with van der Waals surface area (Å²) in [5.74, 6) is 4.14. The van der Waals surface area contributed by atoms with Crippen molar-refractivity contribution in [3.05, 3.63) is 0 Å². The first-order valence-corrected chi connectivity index (χ1v) is 15.2. The summed E-state index contributed by atoms with van der Waals surface area (Å²) in [5.41, 5.74) is 0.419. The first kappa shape index (κ1) is 27.1. The number of ketones is 1. The van der Waals surface area contributed by atoms with Crippen LogP contribution in [0.1, 0.15) is 130 Å². The molecule has 1 amide bonds. The molecule has 0 aliphatic heterocycles. The molecule has 4 saturated carbocycles. The summed E-state index contributed by atoms with van der Waals surface area (Å²) < 4.78 is 0. The molecular weight excluding hydrogens is 434 g/mol. The monoisotopic (exact) mass is 487 g/mol. The summed E-state index contributed by atoms with van der Waals surface area (Å²) in [4.78, 5) is 24.3. The van der Waals surface area contributed by atoms with Crippen LogP contribution in [-0.2, 0) is 9.59 Å². The van der Waals surface area contributed by atoms with Crippen molar-refractivity contribution >= 4 is 11.7 Å². The summed E-state index contributed by atoms with van der Waals surface area (Å²) >= 11 is 0. The van der Waals surface area contributed by atoms with Gasteiger partial charge in [0.2, 0.25) is 5.91 Å². The van der Waals surface area contributed by atoms with E-state index in [1.54, 1.807) is 0 Å². The average molecular weight is 488 g/mol. The van der Waals surface area contributed by atoms with Gasteiger partial charge in [0.05, 0.1) is 6.10 Å². The van der Waals surface area contributed by atoms with Crippen molar-refractivity contribution in [3.8, 4) is 0 Å². The third-order valence-corrected chi connectivity index (χ3v) is 11.5. The standard InChI is InChI=1S/C31H53NO3/c1-5-21(2)32-28(35)12-10-8-6-7-9-11-22-20-31(4)26(15-16-27(31)34)25-14-13-23-19-24(33)17-18-30(23,3)29(22)25/h21-23,25-27,29,34H,5-20H2,1-4H3,(H,32,35)/t21?,22-,23-,25-,26-,27-,29-,30-,31-/m0/s1. The molecule has 4 aliphatic carbocycles. The lowest BCUT2D eigenvalue weighted by Crippen LogP contribution is -2.57. The molecule has 4 aliphatic rings. The van der Waals surface area contributed by atoms with E-state index in [9.17, 15) is 14.7 Å². The van der Waals surface area contributed by atoms with Crippen molar-refractivity contribution in [2.75, 3.05) is 0 Å². The zero-order chi connectivity index (χ0) is 25.2. The minimum Gasteiger partial charge on any atom is -0.393 e. The molecule has 0 radical (unpaired) electrons. The predicted octanol–water partition coefficient (Wildman–Crippen LogP) is 6.83. The molecule has 4 nitrogen and oxygen atoms in total. The minimum atomic E-state index is -0.129. The molecule has 0 aromatic carbocycles. The van der Waals surface area contributed by atoms with Crippen molar-refractivity contribution in [1.29, 1.82) is 0 Å². The Labute approximate surface area is 214 Å². The van der Waals surface area contributed by atoms with Gasteiger partial charge in [0, 0.05) is 25.3 Å². The number of nitrogens with one attached hydrogen (secondary N) is 1. The van der Waals surface area contributed by atoms with Crippen LogP contribution in [0, 0.1) is 40.4 Å². The van der Waals surface area contributed by atoms with E-state index in [0.717, 1.165) is 56.8 Å². The lowest BCUT2D eigenvalue weighted by atomic mass is 9.42. The van der Waals surface area contributed by atoms with Gasteiger partial charge < -0.3 is 10.4 Å². The largest absolute Gasteiger partial charge is 0.393 e. The third-order valence-electron chi connectivity index (χ3n) is 11.5. The molecule has 4 rings (SSSR count). The van der Waals surface area contributed by atoms with E-state index in [0.29, 0.717) is 35.4 Å². The van der Waals surface area contributed by atoms with Crippen LogP contribution in [0.5, 0.6) is 0 Å². The van der Waals surface area contributed by atoms with Crippen LogP contribution in [0.3, 0.4) is 0 Å². The molecule has 4 heteroatoms. The number of aliphatic hydroxyl groups is 1. The van der Waals surface area contributed by atoms with Crippen LogP contribution in [0.25, 0.3) is 0 Å². The van der Waals surface area contributed by atoms with Gasteiger partial charge in [-0.25, -0.2) is 0 Å². The van der Waals surface area contributed by atoms with Gasteiger partial charge in [-0.05, 0) is 98.7 Å². The fraction of sp³-hybridized carbons (Fsp3) is 0.935. The highest BCUT2D eigenvalue weighted by atomic mass is 16.3. The number of amides is 1. The van der Waals surface area contributed by atoms with Crippen LogP contribution < -0.4 is 5.32 Å². The van der Waals surface area contributed by atoms with Gasteiger partial charge in [-0.3, -0.25) is 9.59 Å². The summed E-state index contributed by atoms with van der Waals surface area (Å²) in [6.07, 6.45) is 17.3. The van der Waals surface area contributed by atoms with Crippen LogP contribution in [0.4, 0.5) is 0 Å². The average Bonchev–Trinajstić information content (AvgIpc) is 3.12. The molecular formula is C31H53NO3. The number of fused-ring (bicyclic) bond motifs is 5. The molecule has 0 aromatic heterocycles. The van der Waals surface area contributed by atoms with Crippen molar-refractivity contribution < 1.29 is 14.7 Å². The quantitative estimate of drug-likeness (QED) is 0.332. The van der Waals surface area contributed by atoms with E-state index in [4.69, 9.17) is 0 Å². The molecule has 1 unspecified atom stereocenters. The highest BCUT2D eigenvalue weighted by Crippen LogP contribution is 2.68. The van der Waals surface area contributed by atoms with Crippen LogP contribution in [-0.4, -0.2) is 28.9 Å². The zero-order valence-electron chi connectivity index (χ0n) is 23.1. The number of rotatable bonds is 10. The van der Waals surface area contributed by atoms with Crippen molar-refractivity contribution in [2.45, 2.75) is 143 Å². The van der Waals surface area contributed by atoms with Gasteiger partial charge in [-0.15, -0.1) is 0 Å². The maximum absolute atomic E-state index is 12.3. The number of carbonyl (C=O) groups excluding carboxylic acids is 2. The van der Waals surface area contributed by atoms with Gasteiger partial charge in [0.15, 0.2) is 0 Å². The lowest BCUT2D eigenvalue weighted by molar-refractivity contribution is -0.159. The van der Waals surface area contributed by atoms with Crippen LogP contribution >= 0.6 is 0 Å². The van der Waals surface area contributed by atoms with Crippen LogP contribution in [0.15, 0.2) is 0 Å². The van der Waals surface area contributed by atoms with E-state index >= 15 is 0 Å². The molecule has 9 atom stereocenters. The number of unbranched alkanes of at least 4 members (excludes halogenated alkanes) is 4. The number of hydrogen-bond acceptors (Lipinski definition) is 3. The highest BCUT2D eigenvalue weighted by Gasteiger charge is 2.62. The number of Topliss-reactive ketones (excluding diaryl/α,β-unsaturated/α-hetero) is 1. The Hall–Kier alpha value is -0.900. The maximum atomic E-state index is 12.3. The maximum Gasteiger partial charge on any atom is 0.220 e. The number of carbonyl (C=O) groups is 2. The Kier molecular flexibility index (Phi) is 8.71. The molecule has 4 fully saturated rings. The Morgan fingerprint density at radius 2 is 1.80 bits per heavy atom. The van der Waals surface area contributed by atoms with E-state index in [1.807, 2.05) is 0 Å². The fourth-order valence-corrected chi connectivity index (χ4v) is 9.37. The minimum absolute atomic E-state index is 0.0997. The van der Waals surface area contributed by atoms with E-state index in [2.05, 4.69) is 33.0 Å². The summed E-state index contributed by atoms with van der Waals surface area (Å²) in [7, 11) is 0. The summed E-state index contributed by atoms with van der Waals surface area (Å²) in [6, 6.07) is 0.283. The fourth-order valence-electron chi connectivity index (χ4n) is 9.37. The Morgan fingerprint density at radius 3 is 2.57 bits per heavy atom. The zero-order valence-corrected chi connectivity index (χ0v) is 23.1. The van der Waals surface area contributed by atoms with Gasteiger partial charge in [0.1, 0.15) is 5.78 Å². The smallest absolute Gasteiger partial charge is 0.220 e. The number of aliphatic hydroxyl groups excluding tert-OH is 1. The third kappa shape index (κ3) is 5.53. The second kappa shape index (κ2) is 11.2. The van der Waals surface area contributed by atoms with Crippen molar-refractivity contribution in [1.82, 2.24) is 5.32 Å². The second-order valence-electron chi connectivity index (χ2n) is 13.6. The van der Waals surface area contributed by atoms with Crippen molar-refractivity contribution in [3.63, 3.8) is 0 Å². The summed E-state index contributed by atoms with van der Waals surface area (Å²) in [6.45, 7) is 9.13. The molecule has 0 aromatic rings. The molecule has 0 bridgehead atoms. The Balaban J connectivity index is 1.33. The summed E-state index contributed by atoms with van der Waals surface area (Å²) in [5, 5.41) is 14.1. The Morgan fingerprint density at radius 1 is 1.06 bits per heavy atom. The first-order valence-electron chi connectivity index (χ1n) is 15.2. The van der Waals surface area contributed by atoms with E-state index in [-0.39, 0.29) is 23.5 Å². The normalized spacial score (nSPS) is 41.6. The SMILES string of the molecule is CCC(C)NC(=O)CCCCCCC[C@H]1C[C@]2(C)[C@@H](O)CC[C@H]2[C@@H]2CC[C@H]3CC(=O)CC[C@]3(C)[C@@H]12. The molecule has 35 heavy (non-hydrogen) atoms. The number of hydrogen-bond donors (Lipinski definition) is 2. The van der Waals surface area contributed by atoms with Gasteiger partial charge in [0.25, 0.3) is 0 Å². The van der Waals surface area contributed by atoms with Gasteiger partial charge >= 0.3 is 0 Å². The molecule has 0 spiro atoms. The topological polar surface area (TPSA) is 66.4 Å². The van der Waals surface area contributed by atoms with Crippen molar-refractivity contribution in [2.24, 2.45) is 40.4 Å². The Bertz CT molecular complexity index is 752. The molecule has 0 saturated heterocycles. The van der Waals surface area contributed by atoms with Gasteiger partial charge in [-0.1, -0.05) is 52.9 Å². The predicted molar refractivity (Wildman–Crippen MR) is 142 cm³/mol. The highest BCUT2D eigenvalue weighted by molar-refractivity contribution is 5.79. The first-order chi connectivity index (χ1) is 16.7. The lowest BCUT2D eigenvalue weighted by Gasteiger charge is -2.62. The second-order valence-corrected chi connectivity index (χ2v) is 13.6. The molecule has 0 heterocycles. The molecule has 200 valence electrons. The van der Waals surface area contributed by atoms with E-state index in [1.165, 1.54) is 51.4 Å². The molecule has 2 N–H and O–H groups in total.